The number of allylic oxidation sites excluding steroid dienone is 1. The molecule has 11 heavy (non-hydrogen) atoms. The molecule has 0 spiro atoms. The largest absolute Gasteiger partial charge is 0.390 e. The van der Waals surface area contributed by atoms with Crippen molar-refractivity contribution in [2.75, 3.05) is 0 Å². The van der Waals surface area contributed by atoms with Gasteiger partial charge < -0.3 is 10.1 Å². The molecular formula is C6H7N3O2. The van der Waals surface area contributed by atoms with Crippen LogP contribution in [-0.2, 0) is 0 Å². The van der Waals surface area contributed by atoms with Gasteiger partial charge in [-0.15, -0.1) is 0 Å². The summed E-state index contributed by atoms with van der Waals surface area (Å²) in [7, 11) is 0. The summed E-state index contributed by atoms with van der Waals surface area (Å²) in [5.74, 6) is -0.155. The third kappa shape index (κ3) is 1.64. The van der Waals surface area contributed by atoms with Gasteiger partial charge in [-0.3, -0.25) is 0 Å². The van der Waals surface area contributed by atoms with Crippen molar-refractivity contribution >= 4 is 11.9 Å². The molecule has 0 aromatic carbocycles. The van der Waals surface area contributed by atoms with Gasteiger partial charge in [-0.2, -0.15) is 5.10 Å². The molecule has 0 fully saturated rings. The van der Waals surface area contributed by atoms with Gasteiger partial charge in [0.2, 0.25) is 0 Å². The summed E-state index contributed by atoms with van der Waals surface area (Å²) in [6.45, 7) is 1.83. The van der Waals surface area contributed by atoms with Crippen molar-refractivity contribution in [3.8, 4) is 0 Å². The Morgan fingerprint density at radius 2 is 2.55 bits per heavy atom. The van der Waals surface area contributed by atoms with Gasteiger partial charge in [0.25, 0.3) is 0 Å². The second-order valence-electron chi connectivity index (χ2n) is 1.94. The van der Waals surface area contributed by atoms with Crippen LogP contribution in [0.3, 0.4) is 0 Å². The molecule has 1 aromatic rings. The van der Waals surface area contributed by atoms with E-state index in [1.54, 1.807) is 12.2 Å². The van der Waals surface area contributed by atoms with E-state index in [0.29, 0.717) is 5.69 Å². The number of nitrogens with one attached hydrogen (secondary N) is 1. The molecule has 0 saturated heterocycles. The minimum absolute atomic E-state index is 0.155. The number of rotatable bonds is 2. The summed E-state index contributed by atoms with van der Waals surface area (Å²) >= 11 is 0. The summed E-state index contributed by atoms with van der Waals surface area (Å²) in [5.41, 5.74) is 0.638. The maximum atomic E-state index is 10.1. The fourth-order valence-electron chi connectivity index (χ4n) is 0.684. The van der Waals surface area contributed by atoms with E-state index in [4.69, 9.17) is 0 Å². The highest BCUT2D eigenvalue weighted by Gasteiger charge is 2.08. The highest BCUT2D eigenvalue weighted by Crippen LogP contribution is 2.08. The molecule has 0 bridgehead atoms. The molecule has 5 nitrogen and oxygen atoms in total. The van der Waals surface area contributed by atoms with Gasteiger partial charge >= 0.3 is 5.82 Å². The minimum atomic E-state index is -0.538. The van der Waals surface area contributed by atoms with Gasteiger partial charge in [-0.05, 0) is 17.9 Å². The Labute approximate surface area is 62.9 Å². The Bertz CT molecular complexity index is 290. The van der Waals surface area contributed by atoms with E-state index >= 15 is 0 Å². The summed E-state index contributed by atoms with van der Waals surface area (Å²) in [6, 6.07) is 1.38. The van der Waals surface area contributed by atoms with Gasteiger partial charge in [-0.1, -0.05) is 6.08 Å². The van der Waals surface area contributed by atoms with Crippen molar-refractivity contribution in [3.63, 3.8) is 0 Å². The Hall–Kier alpha value is -1.65. The number of hydrogen-bond acceptors (Lipinski definition) is 3. The summed E-state index contributed by atoms with van der Waals surface area (Å²) in [6.07, 6.45) is 3.48. The Kier molecular flexibility index (Phi) is 2.00. The number of nitro groups is 1. The standard InChI is InChI=1S/C6H7N3O2/c1-2-3-5-4-6(8-7-5)9(10)11/h2-4H,1H3,(H,7,8)/b3-2+. The van der Waals surface area contributed by atoms with E-state index in [-0.39, 0.29) is 5.82 Å². The summed E-state index contributed by atoms with van der Waals surface area (Å²) in [4.78, 5) is 9.58. The van der Waals surface area contributed by atoms with Crippen LogP contribution < -0.4 is 0 Å². The maximum absolute atomic E-state index is 10.1. The molecule has 0 aliphatic heterocycles. The highest BCUT2D eigenvalue weighted by molar-refractivity contribution is 5.46. The van der Waals surface area contributed by atoms with Crippen molar-refractivity contribution in [2.24, 2.45) is 0 Å². The SMILES string of the molecule is C/C=C/c1cc([N+](=O)[O-])n[nH]1. The second-order valence-corrected chi connectivity index (χ2v) is 1.94. The van der Waals surface area contributed by atoms with Crippen molar-refractivity contribution in [3.05, 3.63) is 28.0 Å². The van der Waals surface area contributed by atoms with Gasteiger partial charge in [0, 0.05) is 0 Å². The molecule has 0 atom stereocenters. The molecule has 0 saturated carbocycles. The van der Waals surface area contributed by atoms with Gasteiger partial charge in [0.15, 0.2) is 0 Å². The lowest BCUT2D eigenvalue weighted by atomic mass is 10.4. The predicted molar refractivity (Wildman–Crippen MR) is 40.0 cm³/mol. The third-order valence-electron chi connectivity index (χ3n) is 1.12. The smallest absolute Gasteiger partial charge is 0.358 e. The van der Waals surface area contributed by atoms with Gasteiger partial charge in [0.05, 0.1) is 16.9 Å². The van der Waals surface area contributed by atoms with Crippen molar-refractivity contribution in [1.29, 1.82) is 0 Å². The third-order valence-corrected chi connectivity index (χ3v) is 1.12. The zero-order chi connectivity index (χ0) is 8.27. The second kappa shape index (κ2) is 2.96. The fourth-order valence-corrected chi connectivity index (χ4v) is 0.684. The van der Waals surface area contributed by atoms with E-state index in [9.17, 15) is 10.1 Å². The van der Waals surface area contributed by atoms with E-state index < -0.39 is 4.92 Å². The van der Waals surface area contributed by atoms with E-state index in [1.165, 1.54) is 6.07 Å². The number of H-pyrrole nitrogens is 1. The number of nitrogens with zero attached hydrogens (tertiary/aromatic N) is 2. The number of hydrogen-bond donors (Lipinski definition) is 1. The Morgan fingerprint density at radius 3 is 3.00 bits per heavy atom. The van der Waals surface area contributed by atoms with Crippen molar-refractivity contribution < 1.29 is 4.92 Å². The first-order chi connectivity index (χ1) is 5.24. The van der Waals surface area contributed by atoms with Crippen LogP contribution in [0.5, 0.6) is 0 Å². The first-order valence-electron chi connectivity index (χ1n) is 3.06. The molecule has 0 radical (unpaired) electrons. The molecule has 0 amide bonds. The molecule has 5 heteroatoms. The maximum Gasteiger partial charge on any atom is 0.390 e. The zero-order valence-corrected chi connectivity index (χ0v) is 5.94. The molecule has 0 aliphatic carbocycles. The average Bonchev–Trinajstić information content (AvgIpc) is 2.37. The average molecular weight is 153 g/mol. The van der Waals surface area contributed by atoms with Gasteiger partial charge in [-0.25, -0.2) is 0 Å². The molecule has 58 valence electrons. The van der Waals surface area contributed by atoms with Crippen LogP contribution in [-0.4, -0.2) is 15.1 Å². The Balaban J connectivity index is 2.90. The number of aromatic nitrogens is 2. The van der Waals surface area contributed by atoms with Crippen LogP contribution in [0, 0.1) is 10.1 Å². The molecule has 1 heterocycles. The molecule has 1 aromatic heterocycles. The highest BCUT2D eigenvalue weighted by atomic mass is 16.6. The lowest BCUT2D eigenvalue weighted by Crippen LogP contribution is -1.86. The zero-order valence-electron chi connectivity index (χ0n) is 5.94. The summed E-state index contributed by atoms with van der Waals surface area (Å²) in [5, 5.41) is 16.1. The van der Waals surface area contributed by atoms with Crippen molar-refractivity contribution in [1.82, 2.24) is 10.2 Å². The van der Waals surface area contributed by atoms with Crippen LogP contribution in [0.25, 0.3) is 6.08 Å². The fraction of sp³-hybridized carbons (Fsp3) is 0.167. The van der Waals surface area contributed by atoms with Crippen LogP contribution >= 0.6 is 0 Å². The monoisotopic (exact) mass is 153 g/mol. The quantitative estimate of drug-likeness (QED) is 0.514. The molecular weight excluding hydrogens is 146 g/mol. The van der Waals surface area contributed by atoms with Crippen LogP contribution in [0.4, 0.5) is 5.82 Å². The molecule has 1 N–H and O–H groups in total. The van der Waals surface area contributed by atoms with Crippen molar-refractivity contribution in [2.45, 2.75) is 6.92 Å². The van der Waals surface area contributed by atoms with Crippen LogP contribution in [0.2, 0.25) is 0 Å². The number of aromatic amines is 1. The predicted octanol–water partition coefficient (Wildman–Crippen LogP) is 1.35. The first kappa shape index (κ1) is 7.46. The molecule has 0 unspecified atom stereocenters. The molecule has 1 rings (SSSR count). The topological polar surface area (TPSA) is 71.8 Å². The van der Waals surface area contributed by atoms with Crippen LogP contribution in [0.1, 0.15) is 12.6 Å². The van der Waals surface area contributed by atoms with Gasteiger partial charge in [0.1, 0.15) is 0 Å². The minimum Gasteiger partial charge on any atom is -0.358 e. The van der Waals surface area contributed by atoms with E-state index in [2.05, 4.69) is 10.2 Å². The Morgan fingerprint density at radius 1 is 1.82 bits per heavy atom. The lowest BCUT2D eigenvalue weighted by molar-refractivity contribution is -0.389. The normalized spacial score (nSPS) is 10.6. The molecule has 0 aliphatic rings. The lowest BCUT2D eigenvalue weighted by Gasteiger charge is -1.81. The van der Waals surface area contributed by atoms with E-state index in [0.717, 1.165) is 0 Å². The summed E-state index contributed by atoms with van der Waals surface area (Å²) < 4.78 is 0. The first-order valence-corrected chi connectivity index (χ1v) is 3.06. The van der Waals surface area contributed by atoms with Crippen LogP contribution in [0.15, 0.2) is 12.1 Å². The van der Waals surface area contributed by atoms with E-state index in [1.807, 2.05) is 6.92 Å².